The molecule has 0 saturated carbocycles. The molecule has 0 unspecified atom stereocenters. The first-order valence-corrected chi connectivity index (χ1v) is 4.37. The Kier molecular flexibility index (Phi) is 5.31. The summed E-state index contributed by atoms with van der Waals surface area (Å²) >= 11 is 0. The molecule has 1 saturated heterocycles. The molecular formula is C10H22N2O2. The third kappa shape index (κ3) is 4.03. The third-order valence-electron chi connectivity index (χ3n) is 2.13. The van der Waals surface area contributed by atoms with Crippen molar-refractivity contribution in [3.8, 4) is 0 Å². The Morgan fingerprint density at radius 1 is 1.14 bits per heavy atom. The second-order valence-corrected chi connectivity index (χ2v) is 4.95. The predicted molar refractivity (Wildman–Crippen MR) is 58.4 cm³/mol. The van der Waals surface area contributed by atoms with E-state index >= 15 is 0 Å². The van der Waals surface area contributed by atoms with Crippen molar-refractivity contribution in [3.63, 3.8) is 0 Å². The van der Waals surface area contributed by atoms with E-state index < -0.39 is 0 Å². The molecule has 0 atom stereocenters. The van der Waals surface area contributed by atoms with Gasteiger partial charge in [0, 0.05) is 16.7 Å². The molecule has 4 nitrogen and oxygen atoms in total. The van der Waals surface area contributed by atoms with Crippen molar-refractivity contribution in [1.82, 2.24) is 11.5 Å². The van der Waals surface area contributed by atoms with Crippen molar-refractivity contribution in [2.24, 2.45) is 0 Å². The quantitative estimate of drug-likeness (QED) is 0.574. The minimum Gasteiger partial charge on any atom is -0.412 e. The molecule has 1 aliphatic heterocycles. The monoisotopic (exact) mass is 202 g/mol. The maximum Gasteiger partial charge on any atom is 0.123 e. The molecule has 0 aromatic rings. The van der Waals surface area contributed by atoms with Crippen LogP contribution in [-0.2, 0) is 4.79 Å². The number of rotatable bonds is 0. The van der Waals surface area contributed by atoms with Gasteiger partial charge in [-0.15, -0.1) is 0 Å². The highest BCUT2D eigenvalue weighted by Gasteiger charge is 2.34. The van der Waals surface area contributed by atoms with Gasteiger partial charge >= 0.3 is 0 Å². The Labute approximate surface area is 85.7 Å². The topological polar surface area (TPSA) is 95.6 Å². The van der Waals surface area contributed by atoms with Crippen LogP contribution in [0.3, 0.4) is 0 Å². The summed E-state index contributed by atoms with van der Waals surface area (Å²) in [5.41, 5.74) is 0.979. The van der Waals surface area contributed by atoms with Gasteiger partial charge in [0.25, 0.3) is 0 Å². The Balaban J connectivity index is 0. The van der Waals surface area contributed by atoms with Crippen molar-refractivity contribution in [2.45, 2.75) is 51.6 Å². The molecule has 84 valence electrons. The van der Waals surface area contributed by atoms with E-state index in [-0.39, 0.29) is 22.7 Å². The van der Waals surface area contributed by atoms with Crippen LogP contribution in [-0.4, -0.2) is 22.5 Å². The molecule has 0 bridgehead atoms. The summed E-state index contributed by atoms with van der Waals surface area (Å²) in [6, 6.07) is 0. The van der Waals surface area contributed by atoms with E-state index in [1.165, 1.54) is 0 Å². The molecule has 0 aliphatic carbocycles. The minimum atomic E-state index is 0. The molecule has 0 aromatic heterocycles. The summed E-state index contributed by atoms with van der Waals surface area (Å²) in [6.07, 6.45) is 1.64. The SMILES string of the molecule is CC1(C)CC(=C=O)CC(C)(C)N1.N.O. The lowest BCUT2D eigenvalue weighted by Gasteiger charge is -2.42. The first kappa shape index (κ1) is 15.8. The highest BCUT2D eigenvalue weighted by molar-refractivity contribution is 5.54. The van der Waals surface area contributed by atoms with E-state index in [4.69, 9.17) is 0 Å². The molecule has 4 heteroatoms. The second-order valence-electron chi connectivity index (χ2n) is 4.95. The lowest BCUT2D eigenvalue weighted by molar-refractivity contribution is 0.224. The van der Waals surface area contributed by atoms with Crippen LogP contribution in [0.25, 0.3) is 0 Å². The number of nitrogens with one attached hydrogen (secondary N) is 1. The largest absolute Gasteiger partial charge is 0.412 e. The molecular weight excluding hydrogens is 180 g/mol. The average Bonchev–Trinajstić information content (AvgIpc) is 1.80. The first-order chi connectivity index (χ1) is 5.35. The molecule has 6 N–H and O–H groups in total. The second kappa shape index (κ2) is 4.71. The van der Waals surface area contributed by atoms with Crippen LogP contribution >= 0.6 is 0 Å². The van der Waals surface area contributed by atoms with Gasteiger partial charge in [0.15, 0.2) is 0 Å². The van der Waals surface area contributed by atoms with Crippen LogP contribution < -0.4 is 11.5 Å². The van der Waals surface area contributed by atoms with E-state index in [0.29, 0.717) is 0 Å². The van der Waals surface area contributed by atoms with Gasteiger partial charge in [-0.05, 0) is 40.5 Å². The number of hydrogen-bond donors (Lipinski definition) is 2. The van der Waals surface area contributed by atoms with Crippen molar-refractivity contribution in [1.29, 1.82) is 0 Å². The van der Waals surface area contributed by atoms with Crippen LogP contribution in [0.1, 0.15) is 40.5 Å². The lowest BCUT2D eigenvalue weighted by atomic mass is 9.80. The van der Waals surface area contributed by atoms with Crippen LogP contribution in [0.5, 0.6) is 0 Å². The molecule has 0 radical (unpaired) electrons. The molecule has 1 aliphatic rings. The third-order valence-corrected chi connectivity index (χ3v) is 2.13. The molecule has 0 amide bonds. The number of hydrogen-bond acceptors (Lipinski definition) is 3. The normalized spacial score (nSPS) is 22.7. The Morgan fingerprint density at radius 2 is 1.50 bits per heavy atom. The smallest absolute Gasteiger partial charge is 0.123 e. The molecule has 1 rings (SSSR count). The van der Waals surface area contributed by atoms with Crippen LogP contribution in [0.4, 0.5) is 0 Å². The molecule has 1 heterocycles. The van der Waals surface area contributed by atoms with E-state index in [1.54, 1.807) is 0 Å². The summed E-state index contributed by atoms with van der Waals surface area (Å²) in [7, 11) is 0. The first-order valence-electron chi connectivity index (χ1n) is 4.37. The highest BCUT2D eigenvalue weighted by atomic mass is 16.1. The highest BCUT2D eigenvalue weighted by Crippen LogP contribution is 2.30. The van der Waals surface area contributed by atoms with Gasteiger partial charge in [-0.25, -0.2) is 4.79 Å². The van der Waals surface area contributed by atoms with E-state index in [1.807, 2.05) is 5.94 Å². The molecule has 0 aromatic carbocycles. The molecule has 0 spiro atoms. The van der Waals surface area contributed by atoms with Gasteiger partial charge in [-0.2, -0.15) is 0 Å². The van der Waals surface area contributed by atoms with Crippen molar-refractivity contribution in [2.75, 3.05) is 0 Å². The molecule has 1 fully saturated rings. The maximum atomic E-state index is 10.5. The summed E-state index contributed by atoms with van der Waals surface area (Å²) in [5.74, 6) is 2.04. The van der Waals surface area contributed by atoms with Gasteiger partial charge in [0.2, 0.25) is 0 Å². The fourth-order valence-corrected chi connectivity index (χ4v) is 2.21. The van der Waals surface area contributed by atoms with Crippen molar-refractivity contribution >= 4 is 5.94 Å². The number of piperidine rings is 1. The Hall–Kier alpha value is -0.670. The fourth-order valence-electron chi connectivity index (χ4n) is 2.21. The van der Waals surface area contributed by atoms with Gasteiger partial charge in [0.1, 0.15) is 5.94 Å². The van der Waals surface area contributed by atoms with E-state index in [2.05, 4.69) is 33.0 Å². The van der Waals surface area contributed by atoms with Crippen molar-refractivity contribution < 1.29 is 10.3 Å². The molecule has 14 heavy (non-hydrogen) atoms. The minimum absolute atomic E-state index is 0. The standard InChI is InChI=1S/C10H17NO.H3N.H2O/c1-9(2)5-8(7-12)6-10(3,4)11-9;;/h11H,5-6H2,1-4H3;1H3;1H2. The summed E-state index contributed by atoms with van der Waals surface area (Å²) in [6.45, 7) is 8.47. The van der Waals surface area contributed by atoms with Crippen LogP contribution in [0, 0.1) is 0 Å². The van der Waals surface area contributed by atoms with E-state index in [0.717, 1.165) is 18.4 Å². The van der Waals surface area contributed by atoms with Crippen molar-refractivity contribution in [3.05, 3.63) is 5.57 Å². The van der Waals surface area contributed by atoms with Crippen LogP contribution in [0.2, 0.25) is 0 Å². The van der Waals surface area contributed by atoms with Gasteiger partial charge in [-0.1, -0.05) is 0 Å². The maximum absolute atomic E-state index is 10.5. The zero-order valence-corrected chi connectivity index (χ0v) is 9.53. The summed E-state index contributed by atoms with van der Waals surface area (Å²) < 4.78 is 0. The fraction of sp³-hybridized carbons (Fsp3) is 0.800. The summed E-state index contributed by atoms with van der Waals surface area (Å²) in [4.78, 5) is 10.5. The van der Waals surface area contributed by atoms with Gasteiger partial charge in [0.05, 0.1) is 0 Å². The van der Waals surface area contributed by atoms with Crippen LogP contribution in [0.15, 0.2) is 5.57 Å². The van der Waals surface area contributed by atoms with E-state index in [9.17, 15) is 4.79 Å². The number of carbonyl (C=O) groups excluding carboxylic acids is 1. The summed E-state index contributed by atoms with van der Waals surface area (Å²) in [5, 5.41) is 3.50. The van der Waals surface area contributed by atoms with Gasteiger partial charge in [-0.3, -0.25) is 0 Å². The lowest BCUT2D eigenvalue weighted by Crippen LogP contribution is -2.56. The zero-order valence-electron chi connectivity index (χ0n) is 9.53. The Bertz CT molecular complexity index is 223. The zero-order chi connectivity index (χ0) is 9.41. The average molecular weight is 202 g/mol. The van der Waals surface area contributed by atoms with Gasteiger partial charge < -0.3 is 16.9 Å². The Morgan fingerprint density at radius 3 is 1.79 bits per heavy atom. The predicted octanol–water partition coefficient (Wildman–Crippen LogP) is 1.02.